The fourth-order valence-electron chi connectivity index (χ4n) is 5.40. The smallest absolute Gasteiger partial charge is 0.253 e. The molecule has 0 aromatic carbocycles. The lowest BCUT2D eigenvalue weighted by Crippen LogP contribution is -2.30. The van der Waals surface area contributed by atoms with E-state index in [4.69, 9.17) is 0 Å². The Balaban J connectivity index is 1.19. The SMILES string of the molecule is CCCC1C2C=CC(C2)C1CCCCCCCCCN1C(=O)C=CC1=O. The molecular weight excluding hydrogens is 322 g/mol. The molecule has 1 aliphatic heterocycles. The van der Waals surface area contributed by atoms with Crippen molar-refractivity contribution in [3.8, 4) is 0 Å². The maximum atomic E-state index is 11.5. The van der Waals surface area contributed by atoms with Crippen molar-refractivity contribution in [3.05, 3.63) is 24.3 Å². The number of carbonyl (C=O) groups excluding carboxylic acids is 2. The monoisotopic (exact) mass is 357 g/mol. The highest BCUT2D eigenvalue weighted by atomic mass is 16.2. The minimum absolute atomic E-state index is 0.146. The molecule has 4 unspecified atom stereocenters. The number of imide groups is 1. The van der Waals surface area contributed by atoms with E-state index < -0.39 is 0 Å². The van der Waals surface area contributed by atoms with Crippen molar-refractivity contribution in [2.45, 2.75) is 77.6 Å². The third-order valence-corrected chi connectivity index (χ3v) is 6.74. The van der Waals surface area contributed by atoms with E-state index in [1.807, 2.05) is 0 Å². The van der Waals surface area contributed by atoms with Gasteiger partial charge in [-0.2, -0.15) is 0 Å². The first kappa shape index (κ1) is 19.4. The second kappa shape index (κ2) is 9.53. The standard InChI is InChI=1S/C23H35NO2/c1-2-10-20-18-12-13-19(17-18)21(20)11-8-6-4-3-5-7-9-16-24-22(25)14-15-23(24)26/h12-15,18-21H,2-11,16-17H2,1H3. The Kier molecular flexibility index (Phi) is 7.10. The first-order chi connectivity index (χ1) is 12.7. The lowest BCUT2D eigenvalue weighted by molar-refractivity contribution is -0.136. The van der Waals surface area contributed by atoms with Crippen LogP contribution in [0.25, 0.3) is 0 Å². The molecule has 2 amide bonds. The van der Waals surface area contributed by atoms with Gasteiger partial charge >= 0.3 is 0 Å². The van der Waals surface area contributed by atoms with E-state index in [1.165, 1.54) is 74.8 Å². The summed E-state index contributed by atoms with van der Waals surface area (Å²) in [6, 6.07) is 0. The summed E-state index contributed by atoms with van der Waals surface area (Å²) in [5.41, 5.74) is 0. The highest BCUT2D eigenvalue weighted by Crippen LogP contribution is 2.51. The number of carbonyl (C=O) groups is 2. The predicted molar refractivity (Wildman–Crippen MR) is 105 cm³/mol. The molecule has 26 heavy (non-hydrogen) atoms. The maximum Gasteiger partial charge on any atom is 0.253 e. The van der Waals surface area contributed by atoms with Crippen molar-refractivity contribution in [1.29, 1.82) is 0 Å². The topological polar surface area (TPSA) is 37.4 Å². The molecule has 2 aliphatic carbocycles. The molecule has 1 heterocycles. The molecule has 1 fully saturated rings. The van der Waals surface area contributed by atoms with Crippen molar-refractivity contribution in [3.63, 3.8) is 0 Å². The van der Waals surface area contributed by atoms with E-state index in [-0.39, 0.29) is 11.8 Å². The first-order valence-electron chi connectivity index (χ1n) is 10.9. The van der Waals surface area contributed by atoms with E-state index in [0.717, 1.165) is 36.5 Å². The largest absolute Gasteiger partial charge is 0.275 e. The molecule has 3 rings (SSSR count). The predicted octanol–water partition coefficient (Wildman–Crippen LogP) is 5.27. The number of amides is 2. The minimum Gasteiger partial charge on any atom is -0.275 e. The fourth-order valence-corrected chi connectivity index (χ4v) is 5.40. The number of rotatable bonds is 12. The van der Waals surface area contributed by atoms with Crippen LogP contribution in [-0.4, -0.2) is 23.3 Å². The quantitative estimate of drug-likeness (QED) is 0.271. The van der Waals surface area contributed by atoms with E-state index in [0.29, 0.717) is 6.54 Å². The number of hydrogen-bond donors (Lipinski definition) is 0. The Morgan fingerprint density at radius 3 is 1.96 bits per heavy atom. The highest BCUT2D eigenvalue weighted by molar-refractivity contribution is 6.12. The molecule has 3 nitrogen and oxygen atoms in total. The van der Waals surface area contributed by atoms with Gasteiger partial charge in [0.1, 0.15) is 0 Å². The minimum atomic E-state index is -0.146. The Labute approximate surface area is 158 Å². The molecular formula is C23H35NO2. The van der Waals surface area contributed by atoms with Gasteiger partial charge in [0.05, 0.1) is 0 Å². The Bertz CT molecular complexity index is 532. The highest BCUT2D eigenvalue weighted by Gasteiger charge is 2.42. The molecule has 0 saturated heterocycles. The summed E-state index contributed by atoms with van der Waals surface area (Å²) >= 11 is 0. The van der Waals surface area contributed by atoms with Crippen molar-refractivity contribution in [2.24, 2.45) is 23.7 Å². The number of nitrogens with zero attached hydrogens (tertiary/aromatic N) is 1. The van der Waals surface area contributed by atoms with Crippen LogP contribution in [0, 0.1) is 23.7 Å². The van der Waals surface area contributed by atoms with Gasteiger partial charge in [0.25, 0.3) is 11.8 Å². The maximum absolute atomic E-state index is 11.5. The van der Waals surface area contributed by atoms with E-state index in [2.05, 4.69) is 19.1 Å². The van der Waals surface area contributed by atoms with Gasteiger partial charge in [-0.05, 0) is 49.4 Å². The van der Waals surface area contributed by atoms with Crippen molar-refractivity contribution in [1.82, 2.24) is 4.90 Å². The van der Waals surface area contributed by atoms with Crippen LogP contribution >= 0.6 is 0 Å². The molecule has 0 spiro atoms. The number of allylic oxidation sites excluding steroid dienone is 2. The Hall–Kier alpha value is -1.38. The van der Waals surface area contributed by atoms with Gasteiger partial charge in [0, 0.05) is 18.7 Å². The van der Waals surface area contributed by atoms with Gasteiger partial charge in [-0.25, -0.2) is 0 Å². The molecule has 2 bridgehead atoms. The average Bonchev–Trinajstić information content (AvgIpc) is 3.31. The zero-order valence-electron chi connectivity index (χ0n) is 16.4. The molecule has 0 radical (unpaired) electrons. The van der Waals surface area contributed by atoms with Crippen molar-refractivity contribution < 1.29 is 9.59 Å². The number of unbranched alkanes of at least 4 members (excludes halogenated alkanes) is 6. The summed E-state index contributed by atoms with van der Waals surface area (Å²) in [5.74, 6) is 3.44. The van der Waals surface area contributed by atoms with Gasteiger partial charge in [0.2, 0.25) is 0 Å². The lowest BCUT2D eigenvalue weighted by atomic mass is 9.77. The number of fused-ring (bicyclic) bond motifs is 2. The second-order valence-electron chi connectivity index (χ2n) is 8.49. The van der Waals surface area contributed by atoms with Gasteiger partial charge in [0.15, 0.2) is 0 Å². The van der Waals surface area contributed by atoms with Crippen molar-refractivity contribution in [2.75, 3.05) is 6.54 Å². The van der Waals surface area contributed by atoms with Crippen LogP contribution in [0.3, 0.4) is 0 Å². The Morgan fingerprint density at radius 1 is 0.808 bits per heavy atom. The third-order valence-electron chi connectivity index (χ3n) is 6.74. The van der Waals surface area contributed by atoms with Crippen LogP contribution in [0.15, 0.2) is 24.3 Å². The van der Waals surface area contributed by atoms with E-state index >= 15 is 0 Å². The van der Waals surface area contributed by atoms with Gasteiger partial charge < -0.3 is 0 Å². The van der Waals surface area contributed by atoms with Crippen LogP contribution in [0.4, 0.5) is 0 Å². The molecule has 4 atom stereocenters. The van der Waals surface area contributed by atoms with Crippen LogP contribution in [0.5, 0.6) is 0 Å². The zero-order valence-corrected chi connectivity index (χ0v) is 16.4. The normalized spacial score (nSPS) is 29.5. The molecule has 3 heteroatoms. The van der Waals surface area contributed by atoms with Crippen LogP contribution in [0.2, 0.25) is 0 Å². The molecule has 0 aromatic rings. The molecule has 0 aromatic heterocycles. The number of hydrogen-bond acceptors (Lipinski definition) is 2. The van der Waals surface area contributed by atoms with Gasteiger partial charge in [-0.3, -0.25) is 14.5 Å². The second-order valence-corrected chi connectivity index (χ2v) is 8.49. The fraction of sp³-hybridized carbons (Fsp3) is 0.739. The summed E-state index contributed by atoms with van der Waals surface area (Å²) in [5, 5.41) is 0. The summed E-state index contributed by atoms with van der Waals surface area (Å²) in [4.78, 5) is 24.3. The lowest BCUT2D eigenvalue weighted by Gasteiger charge is -2.28. The van der Waals surface area contributed by atoms with E-state index in [9.17, 15) is 9.59 Å². The first-order valence-corrected chi connectivity index (χ1v) is 10.9. The summed E-state index contributed by atoms with van der Waals surface area (Å²) < 4.78 is 0. The summed E-state index contributed by atoms with van der Waals surface area (Å²) in [6.07, 6.45) is 22.0. The van der Waals surface area contributed by atoms with Gasteiger partial charge in [-0.15, -0.1) is 0 Å². The summed E-state index contributed by atoms with van der Waals surface area (Å²) in [7, 11) is 0. The van der Waals surface area contributed by atoms with Crippen LogP contribution in [-0.2, 0) is 9.59 Å². The molecule has 144 valence electrons. The molecule has 0 N–H and O–H groups in total. The molecule has 1 saturated carbocycles. The van der Waals surface area contributed by atoms with Crippen LogP contribution in [0.1, 0.15) is 77.6 Å². The molecule has 3 aliphatic rings. The third kappa shape index (κ3) is 4.66. The van der Waals surface area contributed by atoms with E-state index in [1.54, 1.807) is 0 Å². The van der Waals surface area contributed by atoms with Gasteiger partial charge in [-0.1, -0.05) is 64.0 Å². The zero-order chi connectivity index (χ0) is 18.4. The van der Waals surface area contributed by atoms with Crippen molar-refractivity contribution >= 4 is 11.8 Å². The summed E-state index contributed by atoms with van der Waals surface area (Å²) in [6.45, 7) is 2.92. The Morgan fingerprint density at radius 2 is 1.35 bits per heavy atom. The average molecular weight is 358 g/mol. The van der Waals surface area contributed by atoms with Crippen LogP contribution < -0.4 is 0 Å².